The zero-order valence-corrected chi connectivity index (χ0v) is 12.0. The van der Waals surface area contributed by atoms with Gasteiger partial charge < -0.3 is 10.4 Å². The minimum atomic E-state index is -0.780. The number of hydrogen-bond acceptors (Lipinski definition) is 2. The first-order valence-corrected chi connectivity index (χ1v) is 6.72. The normalized spacial score (nSPS) is 15.1. The molecule has 0 aliphatic heterocycles. The van der Waals surface area contributed by atoms with Crippen molar-refractivity contribution in [2.75, 3.05) is 6.54 Å². The zero-order chi connectivity index (χ0) is 13.5. The van der Waals surface area contributed by atoms with Gasteiger partial charge in [-0.25, -0.2) is 0 Å². The first-order valence-electron chi connectivity index (χ1n) is 6.72. The molecule has 1 atom stereocenters. The largest absolute Gasteiger partial charge is 0.388 e. The molecule has 0 fully saturated rings. The van der Waals surface area contributed by atoms with Crippen LogP contribution in [-0.2, 0) is 4.79 Å². The Morgan fingerprint density at radius 1 is 1.18 bits per heavy atom. The smallest absolute Gasteiger partial charge is 0.220 e. The minimum Gasteiger partial charge on any atom is -0.388 e. The van der Waals surface area contributed by atoms with E-state index in [1.165, 1.54) is 0 Å². The average Bonchev–Trinajstić information content (AvgIpc) is 2.21. The van der Waals surface area contributed by atoms with E-state index in [1.807, 2.05) is 0 Å². The van der Waals surface area contributed by atoms with Crippen LogP contribution in [0.5, 0.6) is 0 Å². The summed E-state index contributed by atoms with van der Waals surface area (Å²) in [5, 5.41) is 12.9. The van der Waals surface area contributed by atoms with Gasteiger partial charge in [0.2, 0.25) is 5.91 Å². The number of carbonyl (C=O) groups is 1. The third kappa shape index (κ3) is 10.3. The van der Waals surface area contributed by atoms with Crippen molar-refractivity contribution >= 4 is 5.91 Å². The van der Waals surface area contributed by atoms with Crippen molar-refractivity contribution in [3.8, 4) is 0 Å². The van der Waals surface area contributed by atoms with Crippen molar-refractivity contribution in [3.05, 3.63) is 0 Å². The van der Waals surface area contributed by atoms with Gasteiger partial charge in [0, 0.05) is 13.0 Å². The Bertz CT molecular complexity index is 222. The Morgan fingerprint density at radius 2 is 1.71 bits per heavy atom. The predicted molar refractivity (Wildman–Crippen MR) is 71.8 cm³/mol. The second kappa shape index (κ2) is 7.70. The second-order valence-corrected chi connectivity index (χ2v) is 6.14. The van der Waals surface area contributed by atoms with E-state index >= 15 is 0 Å². The second-order valence-electron chi connectivity index (χ2n) is 6.14. The Balaban J connectivity index is 3.80. The average molecular weight is 243 g/mol. The molecule has 0 spiro atoms. The van der Waals surface area contributed by atoms with Crippen LogP contribution >= 0.6 is 0 Å². The van der Waals surface area contributed by atoms with Crippen LogP contribution in [0.4, 0.5) is 0 Å². The number of amides is 1. The zero-order valence-electron chi connectivity index (χ0n) is 12.0. The highest BCUT2D eigenvalue weighted by Gasteiger charge is 2.21. The number of aliphatic hydroxyl groups is 1. The Kier molecular flexibility index (Phi) is 7.44. The standard InChI is InChI=1S/C14H29NO2/c1-11(2)6-7-13(16)15-10-14(5,17)9-8-12(3)4/h11-12,17H,6-10H2,1-5H3,(H,15,16). The van der Waals surface area contributed by atoms with Gasteiger partial charge >= 0.3 is 0 Å². The van der Waals surface area contributed by atoms with Crippen LogP contribution < -0.4 is 5.32 Å². The Morgan fingerprint density at radius 3 is 2.18 bits per heavy atom. The van der Waals surface area contributed by atoms with Gasteiger partial charge in [0.1, 0.15) is 0 Å². The molecule has 0 aromatic carbocycles. The molecule has 2 N–H and O–H groups in total. The number of carbonyl (C=O) groups excluding carboxylic acids is 1. The van der Waals surface area contributed by atoms with E-state index < -0.39 is 5.60 Å². The molecular weight excluding hydrogens is 214 g/mol. The van der Waals surface area contributed by atoms with Gasteiger partial charge in [0.05, 0.1) is 5.60 Å². The molecule has 1 unspecified atom stereocenters. The Hall–Kier alpha value is -0.570. The van der Waals surface area contributed by atoms with Crippen LogP contribution in [0.15, 0.2) is 0 Å². The summed E-state index contributed by atoms with van der Waals surface area (Å²) in [6, 6.07) is 0. The van der Waals surface area contributed by atoms with Crippen LogP contribution in [0.3, 0.4) is 0 Å². The molecule has 102 valence electrons. The molecule has 0 saturated carbocycles. The third-order valence-corrected chi connectivity index (χ3v) is 2.88. The first-order chi connectivity index (χ1) is 7.73. The summed E-state index contributed by atoms with van der Waals surface area (Å²) in [6.45, 7) is 10.6. The van der Waals surface area contributed by atoms with E-state index in [1.54, 1.807) is 6.92 Å². The predicted octanol–water partition coefficient (Wildman–Crippen LogP) is 2.73. The summed E-state index contributed by atoms with van der Waals surface area (Å²) in [7, 11) is 0. The van der Waals surface area contributed by atoms with Gasteiger partial charge in [-0.05, 0) is 38.0 Å². The SMILES string of the molecule is CC(C)CCC(=O)NCC(C)(O)CCC(C)C. The van der Waals surface area contributed by atoms with Crippen molar-refractivity contribution in [1.29, 1.82) is 0 Å². The van der Waals surface area contributed by atoms with E-state index in [2.05, 4.69) is 33.0 Å². The molecule has 17 heavy (non-hydrogen) atoms. The van der Waals surface area contributed by atoms with Crippen LogP contribution in [-0.4, -0.2) is 23.2 Å². The van der Waals surface area contributed by atoms with Crippen LogP contribution in [0.1, 0.15) is 60.3 Å². The molecule has 3 heteroatoms. The molecule has 0 aliphatic rings. The van der Waals surface area contributed by atoms with Crippen LogP contribution in [0.25, 0.3) is 0 Å². The molecule has 0 aromatic rings. The summed E-state index contributed by atoms with van der Waals surface area (Å²) in [5.74, 6) is 1.17. The molecule has 3 nitrogen and oxygen atoms in total. The van der Waals surface area contributed by atoms with Crippen molar-refractivity contribution < 1.29 is 9.90 Å². The maximum atomic E-state index is 11.5. The van der Waals surface area contributed by atoms with Crippen molar-refractivity contribution in [3.63, 3.8) is 0 Å². The highest BCUT2D eigenvalue weighted by molar-refractivity contribution is 5.75. The fraction of sp³-hybridized carbons (Fsp3) is 0.929. The van der Waals surface area contributed by atoms with Crippen molar-refractivity contribution in [1.82, 2.24) is 5.32 Å². The molecule has 0 rings (SSSR count). The maximum absolute atomic E-state index is 11.5. The summed E-state index contributed by atoms with van der Waals surface area (Å²) >= 11 is 0. The van der Waals surface area contributed by atoms with Crippen molar-refractivity contribution in [2.45, 2.75) is 65.9 Å². The lowest BCUT2D eigenvalue weighted by Gasteiger charge is -2.24. The van der Waals surface area contributed by atoms with E-state index in [0.717, 1.165) is 19.3 Å². The molecule has 0 aromatic heterocycles. The summed E-state index contributed by atoms with van der Waals surface area (Å²) in [4.78, 5) is 11.5. The summed E-state index contributed by atoms with van der Waals surface area (Å²) in [5.41, 5.74) is -0.780. The first kappa shape index (κ1) is 16.4. The van der Waals surface area contributed by atoms with E-state index in [0.29, 0.717) is 24.8 Å². The quantitative estimate of drug-likeness (QED) is 0.688. The van der Waals surface area contributed by atoms with Gasteiger partial charge in [-0.3, -0.25) is 4.79 Å². The van der Waals surface area contributed by atoms with Gasteiger partial charge in [0.15, 0.2) is 0 Å². The lowest BCUT2D eigenvalue weighted by molar-refractivity contribution is -0.122. The fourth-order valence-electron chi connectivity index (χ4n) is 1.49. The topological polar surface area (TPSA) is 49.3 Å². The lowest BCUT2D eigenvalue weighted by Crippen LogP contribution is -2.40. The molecule has 0 heterocycles. The third-order valence-electron chi connectivity index (χ3n) is 2.88. The number of hydrogen-bond donors (Lipinski definition) is 2. The molecule has 0 aliphatic carbocycles. The van der Waals surface area contributed by atoms with Gasteiger partial charge in [-0.15, -0.1) is 0 Å². The van der Waals surface area contributed by atoms with E-state index in [-0.39, 0.29) is 5.91 Å². The molecule has 0 bridgehead atoms. The van der Waals surface area contributed by atoms with Crippen LogP contribution in [0.2, 0.25) is 0 Å². The van der Waals surface area contributed by atoms with Gasteiger partial charge in [0.25, 0.3) is 0 Å². The number of rotatable bonds is 8. The molecule has 0 saturated heterocycles. The van der Waals surface area contributed by atoms with E-state index in [4.69, 9.17) is 0 Å². The summed E-state index contributed by atoms with van der Waals surface area (Å²) < 4.78 is 0. The van der Waals surface area contributed by atoms with Crippen molar-refractivity contribution in [2.24, 2.45) is 11.8 Å². The molecule has 1 amide bonds. The highest BCUT2D eigenvalue weighted by Crippen LogP contribution is 2.15. The lowest BCUT2D eigenvalue weighted by atomic mass is 9.95. The highest BCUT2D eigenvalue weighted by atomic mass is 16.3. The van der Waals surface area contributed by atoms with Gasteiger partial charge in [-0.1, -0.05) is 27.7 Å². The maximum Gasteiger partial charge on any atom is 0.220 e. The fourth-order valence-corrected chi connectivity index (χ4v) is 1.49. The monoisotopic (exact) mass is 243 g/mol. The molecular formula is C14H29NO2. The minimum absolute atomic E-state index is 0.0449. The van der Waals surface area contributed by atoms with Crippen LogP contribution in [0, 0.1) is 11.8 Å². The van der Waals surface area contributed by atoms with Gasteiger partial charge in [-0.2, -0.15) is 0 Å². The Labute approximate surface area is 106 Å². The number of nitrogens with one attached hydrogen (secondary N) is 1. The van der Waals surface area contributed by atoms with E-state index in [9.17, 15) is 9.90 Å². The summed E-state index contributed by atoms with van der Waals surface area (Å²) in [6.07, 6.45) is 3.17. The molecule has 0 radical (unpaired) electrons.